The van der Waals surface area contributed by atoms with Crippen LogP contribution in [0.25, 0.3) is 0 Å². The first-order valence-corrected chi connectivity index (χ1v) is 6.24. The fourth-order valence-electron chi connectivity index (χ4n) is 1.58. The number of carbonyl (C=O) groups excluding carboxylic acids is 2. The Kier molecular flexibility index (Phi) is 6.81. The molecule has 108 valence electrons. The monoisotopic (exact) mass is 279 g/mol. The minimum Gasteiger partial charge on any atom is -0.481 e. The van der Waals surface area contributed by atoms with Gasteiger partial charge in [0.1, 0.15) is 12.9 Å². The first-order valence-electron chi connectivity index (χ1n) is 6.24. The van der Waals surface area contributed by atoms with Gasteiger partial charge in [0.25, 0.3) is 0 Å². The van der Waals surface area contributed by atoms with Gasteiger partial charge in [0.05, 0.1) is 6.54 Å². The van der Waals surface area contributed by atoms with Crippen molar-refractivity contribution in [2.24, 2.45) is 0 Å². The number of carboxylic acid groups (broad SMARTS) is 1. The average Bonchev–Trinajstić information content (AvgIpc) is 2.44. The van der Waals surface area contributed by atoms with E-state index in [9.17, 15) is 14.4 Å². The van der Waals surface area contributed by atoms with Crippen LogP contribution in [0.5, 0.6) is 0 Å². The van der Waals surface area contributed by atoms with E-state index in [2.05, 4.69) is 0 Å². The summed E-state index contributed by atoms with van der Waals surface area (Å²) in [5.41, 5.74) is 0.845. The third-order valence-electron chi connectivity index (χ3n) is 2.58. The van der Waals surface area contributed by atoms with Gasteiger partial charge in [-0.25, -0.2) is 4.79 Å². The molecule has 1 N–H and O–H groups in total. The van der Waals surface area contributed by atoms with Gasteiger partial charge >= 0.3 is 12.1 Å². The van der Waals surface area contributed by atoms with E-state index in [1.165, 1.54) is 4.90 Å². The van der Waals surface area contributed by atoms with E-state index in [0.29, 0.717) is 6.29 Å². The van der Waals surface area contributed by atoms with Crippen molar-refractivity contribution in [2.75, 3.05) is 13.1 Å². The van der Waals surface area contributed by atoms with Crippen LogP contribution in [0.1, 0.15) is 18.4 Å². The molecular formula is C14H17NO5. The zero-order valence-corrected chi connectivity index (χ0v) is 11.0. The second kappa shape index (κ2) is 8.68. The molecule has 0 saturated heterocycles. The van der Waals surface area contributed by atoms with Gasteiger partial charge in [0.2, 0.25) is 0 Å². The summed E-state index contributed by atoms with van der Waals surface area (Å²) in [7, 11) is 0. The van der Waals surface area contributed by atoms with Crippen molar-refractivity contribution in [3.8, 4) is 0 Å². The number of ether oxygens (including phenoxy) is 1. The van der Waals surface area contributed by atoms with Gasteiger partial charge in [-0.3, -0.25) is 4.79 Å². The molecule has 1 rings (SSSR count). The van der Waals surface area contributed by atoms with E-state index >= 15 is 0 Å². The molecule has 6 heteroatoms. The first kappa shape index (κ1) is 15.7. The second-order valence-electron chi connectivity index (χ2n) is 4.15. The van der Waals surface area contributed by atoms with Gasteiger partial charge in [-0.05, 0) is 12.0 Å². The molecule has 0 spiro atoms. The van der Waals surface area contributed by atoms with E-state index < -0.39 is 12.1 Å². The summed E-state index contributed by atoms with van der Waals surface area (Å²) in [6.07, 6.45) is 0.196. The second-order valence-corrected chi connectivity index (χ2v) is 4.15. The minimum absolute atomic E-state index is 0.0542. The molecule has 0 radical (unpaired) electrons. The van der Waals surface area contributed by atoms with Crippen LogP contribution < -0.4 is 0 Å². The predicted molar refractivity (Wildman–Crippen MR) is 71.1 cm³/mol. The fourth-order valence-corrected chi connectivity index (χ4v) is 1.58. The van der Waals surface area contributed by atoms with Crippen LogP contribution in [-0.2, 0) is 20.9 Å². The number of carboxylic acids is 1. The summed E-state index contributed by atoms with van der Waals surface area (Å²) in [4.78, 5) is 33.9. The topological polar surface area (TPSA) is 83.9 Å². The van der Waals surface area contributed by atoms with Crippen molar-refractivity contribution < 1.29 is 24.2 Å². The highest BCUT2D eigenvalue weighted by Gasteiger charge is 2.14. The highest BCUT2D eigenvalue weighted by Crippen LogP contribution is 2.04. The number of hydrogen-bond acceptors (Lipinski definition) is 4. The number of aldehydes is 1. The van der Waals surface area contributed by atoms with Gasteiger partial charge < -0.3 is 19.5 Å². The molecule has 0 atom stereocenters. The summed E-state index contributed by atoms with van der Waals surface area (Å²) < 4.78 is 5.08. The molecule has 6 nitrogen and oxygen atoms in total. The fraction of sp³-hybridized carbons (Fsp3) is 0.357. The number of rotatable bonds is 8. The van der Waals surface area contributed by atoms with Crippen LogP contribution in [-0.4, -0.2) is 41.4 Å². The van der Waals surface area contributed by atoms with Gasteiger partial charge in [-0.1, -0.05) is 30.3 Å². The van der Waals surface area contributed by atoms with Gasteiger partial charge in [0.15, 0.2) is 0 Å². The smallest absolute Gasteiger partial charge is 0.410 e. The maximum atomic E-state index is 11.8. The van der Waals surface area contributed by atoms with Crippen molar-refractivity contribution in [1.29, 1.82) is 0 Å². The van der Waals surface area contributed by atoms with Gasteiger partial charge in [0, 0.05) is 13.0 Å². The molecule has 1 amide bonds. The molecule has 0 unspecified atom stereocenters. The normalized spacial score (nSPS) is 9.80. The molecule has 0 aliphatic carbocycles. The van der Waals surface area contributed by atoms with E-state index in [1.54, 1.807) is 0 Å². The van der Waals surface area contributed by atoms with Crippen LogP contribution in [0.2, 0.25) is 0 Å². The Labute approximate surface area is 117 Å². The highest BCUT2D eigenvalue weighted by molar-refractivity contribution is 5.71. The molecule has 20 heavy (non-hydrogen) atoms. The SMILES string of the molecule is O=CCN(CCCC(=O)O)C(=O)OCc1ccccc1. The third kappa shape index (κ3) is 5.99. The molecule has 1 aromatic rings. The van der Waals surface area contributed by atoms with E-state index in [-0.39, 0.29) is 32.5 Å². The van der Waals surface area contributed by atoms with E-state index in [1.807, 2.05) is 30.3 Å². The standard InChI is InChI=1S/C14H17NO5/c16-10-9-15(8-4-7-13(17)18)14(19)20-11-12-5-2-1-3-6-12/h1-3,5-6,10H,4,7-9,11H2,(H,17,18). The van der Waals surface area contributed by atoms with Crippen molar-refractivity contribution >= 4 is 18.3 Å². The molecule has 0 bridgehead atoms. The Balaban J connectivity index is 2.42. The average molecular weight is 279 g/mol. The molecular weight excluding hydrogens is 262 g/mol. The number of hydrogen-bond donors (Lipinski definition) is 1. The first-order chi connectivity index (χ1) is 9.63. The lowest BCUT2D eigenvalue weighted by Crippen LogP contribution is -2.34. The molecule has 0 aromatic heterocycles. The number of aliphatic carboxylic acids is 1. The quantitative estimate of drug-likeness (QED) is 0.732. The van der Waals surface area contributed by atoms with Crippen LogP contribution in [0, 0.1) is 0 Å². The number of nitrogens with zero attached hydrogens (tertiary/aromatic N) is 1. The molecule has 1 aromatic carbocycles. The van der Waals surface area contributed by atoms with Crippen LogP contribution >= 0.6 is 0 Å². The lowest BCUT2D eigenvalue weighted by molar-refractivity contribution is -0.137. The lowest BCUT2D eigenvalue weighted by atomic mass is 10.2. The zero-order chi connectivity index (χ0) is 14.8. The maximum Gasteiger partial charge on any atom is 0.410 e. The zero-order valence-electron chi connectivity index (χ0n) is 11.0. The Hall–Kier alpha value is -2.37. The molecule has 0 aliphatic rings. The third-order valence-corrected chi connectivity index (χ3v) is 2.58. The van der Waals surface area contributed by atoms with Crippen molar-refractivity contribution in [3.63, 3.8) is 0 Å². The summed E-state index contributed by atoms with van der Waals surface area (Å²) in [5.74, 6) is -0.936. The van der Waals surface area contributed by atoms with Crippen molar-refractivity contribution in [3.05, 3.63) is 35.9 Å². The van der Waals surface area contributed by atoms with Crippen LogP contribution in [0.4, 0.5) is 4.79 Å². The van der Waals surface area contributed by atoms with Crippen LogP contribution in [0.15, 0.2) is 30.3 Å². The number of benzene rings is 1. The van der Waals surface area contributed by atoms with Crippen molar-refractivity contribution in [1.82, 2.24) is 4.90 Å². The summed E-state index contributed by atoms with van der Waals surface area (Å²) in [6.45, 7) is 0.194. The largest absolute Gasteiger partial charge is 0.481 e. The molecule has 0 fully saturated rings. The predicted octanol–water partition coefficient (Wildman–Crippen LogP) is 1.69. The Morgan fingerprint density at radius 1 is 1.25 bits per heavy atom. The van der Waals surface area contributed by atoms with E-state index in [0.717, 1.165) is 5.56 Å². The molecule has 0 saturated carbocycles. The Morgan fingerprint density at radius 2 is 1.95 bits per heavy atom. The summed E-state index contributed by atoms with van der Waals surface area (Å²) in [5, 5.41) is 8.54. The maximum absolute atomic E-state index is 11.8. The van der Waals surface area contributed by atoms with Crippen molar-refractivity contribution in [2.45, 2.75) is 19.4 Å². The van der Waals surface area contributed by atoms with Gasteiger partial charge in [-0.2, -0.15) is 0 Å². The Bertz CT molecular complexity index is 446. The molecule has 0 aliphatic heterocycles. The summed E-state index contributed by atoms with van der Waals surface area (Å²) >= 11 is 0. The van der Waals surface area contributed by atoms with Gasteiger partial charge in [-0.15, -0.1) is 0 Å². The Morgan fingerprint density at radius 3 is 2.55 bits per heavy atom. The minimum atomic E-state index is -0.936. The van der Waals surface area contributed by atoms with Crippen LogP contribution in [0.3, 0.4) is 0 Å². The number of amides is 1. The highest BCUT2D eigenvalue weighted by atomic mass is 16.6. The van der Waals surface area contributed by atoms with E-state index in [4.69, 9.17) is 9.84 Å². The number of carbonyl (C=O) groups is 3. The molecule has 0 heterocycles. The summed E-state index contributed by atoms with van der Waals surface area (Å²) in [6, 6.07) is 9.16. The lowest BCUT2D eigenvalue weighted by Gasteiger charge is -2.19.